The second-order valence-corrected chi connectivity index (χ2v) is 6.35. The van der Waals surface area contributed by atoms with Gasteiger partial charge in [-0.05, 0) is 18.6 Å². The van der Waals surface area contributed by atoms with Gasteiger partial charge < -0.3 is 4.90 Å². The van der Waals surface area contributed by atoms with Crippen LogP contribution in [0.25, 0.3) is 0 Å². The van der Waals surface area contributed by atoms with Crippen LogP contribution in [0.3, 0.4) is 0 Å². The molecule has 0 aliphatic heterocycles. The molecule has 1 aromatic rings. The van der Waals surface area contributed by atoms with Crippen LogP contribution in [0.1, 0.15) is 13.3 Å². The van der Waals surface area contributed by atoms with Crippen LogP contribution in [0.4, 0.5) is 5.69 Å². The summed E-state index contributed by atoms with van der Waals surface area (Å²) in [4.78, 5) is 2.27. The fraction of sp³-hybridized carbons (Fsp3) is 0.500. The van der Waals surface area contributed by atoms with Crippen molar-refractivity contribution in [3.63, 3.8) is 0 Å². The molecule has 3 nitrogen and oxygen atoms in total. The first kappa shape index (κ1) is 14.3. The van der Waals surface area contributed by atoms with Crippen LogP contribution in [0.15, 0.2) is 29.2 Å². The van der Waals surface area contributed by atoms with Gasteiger partial charge in [0.25, 0.3) is 0 Å². The molecule has 5 heteroatoms. The summed E-state index contributed by atoms with van der Waals surface area (Å²) < 4.78 is 24.2. The Morgan fingerprint density at radius 2 is 1.94 bits per heavy atom. The van der Waals surface area contributed by atoms with Crippen LogP contribution in [0.5, 0.6) is 0 Å². The normalized spacial score (nSPS) is 11.5. The molecule has 0 saturated heterocycles. The molecule has 0 aliphatic carbocycles. The summed E-state index contributed by atoms with van der Waals surface area (Å²) in [5.74, 6) is 0.650. The van der Waals surface area contributed by atoms with Crippen molar-refractivity contribution < 1.29 is 8.42 Å². The lowest BCUT2D eigenvalue weighted by molar-refractivity contribution is 0.594. The van der Waals surface area contributed by atoms with Crippen molar-refractivity contribution in [1.29, 1.82) is 0 Å². The van der Waals surface area contributed by atoms with E-state index in [9.17, 15) is 8.42 Å². The molecule has 0 fully saturated rings. The highest BCUT2D eigenvalue weighted by molar-refractivity contribution is 7.91. The maximum absolute atomic E-state index is 12.1. The summed E-state index contributed by atoms with van der Waals surface area (Å²) in [5.41, 5.74) is 0.724. The summed E-state index contributed by atoms with van der Waals surface area (Å²) >= 11 is 5.68. The zero-order valence-corrected chi connectivity index (χ0v) is 11.8. The number of halogens is 1. The minimum absolute atomic E-state index is 0.179. The van der Waals surface area contributed by atoms with Crippen LogP contribution < -0.4 is 4.90 Å². The second-order valence-electron chi connectivity index (χ2n) is 3.90. The van der Waals surface area contributed by atoms with Gasteiger partial charge in [-0.1, -0.05) is 19.1 Å². The van der Waals surface area contributed by atoms with Crippen LogP contribution in [0.2, 0.25) is 0 Å². The second kappa shape index (κ2) is 6.26. The third kappa shape index (κ3) is 3.61. The third-order valence-corrected chi connectivity index (χ3v) is 4.63. The van der Waals surface area contributed by atoms with E-state index in [1.54, 1.807) is 12.1 Å². The molecule has 0 spiro atoms. The Balaban J connectivity index is 3.16. The molecule has 96 valence electrons. The molecule has 0 aliphatic rings. The van der Waals surface area contributed by atoms with Crippen molar-refractivity contribution in [2.75, 3.05) is 30.1 Å². The zero-order chi connectivity index (χ0) is 12.9. The van der Waals surface area contributed by atoms with Crippen molar-refractivity contribution in [2.45, 2.75) is 18.2 Å². The van der Waals surface area contributed by atoms with Gasteiger partial charge in [0.15, 0.2) is 9.84 Å². The Hall–Kier alpha value is -0.740. The van der Waals surface area contributed by atoms with E-state index in [0.29, 0.717) is 23.7 Å². The van der Waals surface area contributed by atoms with Crippen molar-refractivity contribution >= 4 is 27.1 Å². The van der Waals surface area contributed by atoms with Gasteiger partial charge in [0.1, 0.15) is 0 Å². The Morgan fingerprint density at radius 3 is 2.53 bits per heavy atom. The number of nitrogens with zero attached hydrogens (tertiary/aromatic N) is 1. The Kier molecular flexibility index (Phi) is 5.28. The average molecular weight is 276 g/mol. The summed E-state index contributed by atoms with van der Waals surface area (Å²) in [6.07, 6.45) is 0.621. The topological polar surface area (TPSA) is 37.4 Å². The lowest BCUT2D eigenvalue weighted by Gasteiger charge is -2.21. The van der Waals surface area contributed by atoms with Gasteiger partial charge >= 0.3 is 0 Å². The molecule has 0 unspecified atom stereocenters. The molecule has 0 heterocycles. The van der Waals surface area contributed by atoms with E-state index >= 15 is 0 Å². The van der Waals surface area contributed by atoms with Gasteiger partial charge in [-0.3, -0.25) is 0 Å². The molecule has 1 rings (SSSR count). The van der Waals surface area contributed by atoms with E-state index in [1.165, 1.54) is 0 Å². The number of sulfone groups is 1. The summed E-state index contributed by atoms with van der Waals surface area (Å²) in [6, 6.07) is 7.06. The first-order valence-corrected chi connectivity index (χ1v) is 7.80. The number of benzene rings is 1. The molecule has 0 radical (unpaired) electrons. The van der Waals surface area contributed by atoms with Crippen molar-refractivity contribution in [3.05, 3.63) is 24.3 Å². The first-order chi connectivity index (χ1) is 8.03. The minimum atomic E-state index is -3.19. The lowest BCUT2D eigenvalue weighted by atomic mass is 10.3. The number of anilines is 1. The van der Waals surface area contributed by atoms with Gasteiger partial charge in [-0.25, -0.2) is 8.42 Å². The maximum Gasteiger partial charge on any atom is 0.180 e. The molecule has 0 saturated carbocycles. The Bertz CT molecular complexity index is 459. The quantitative estimate of drug-likeness (QED) is 0.749. The number of alkyl halides is 1. The SMILES string of the molecule is CCCS(=O)(=O)c1ccccc1N(C)CCCl. The van der Waals surface area contributed by atoms with Crippen molar-refractivity contribution in [3.8, 4) is 0 Å². The van der Waals surface area contributed by atoms with E-state index in [1.807, 2.05) is 31.0 Å². The lowest BCUT2D eigenvalue weighted by Crippen LogP contribution is -2.22. The summed E-state index contributed by atoms with van der Waals surface area (Å²) in [7, 11) is -1.34. The molecular formula is C12H18ClNO2S. The number of hydrogen-bond acceptors (Lipinski definition) is 3. The van der Waals surface area contributed by atoms with Gasteiger partial charge in [0.2, 0.25) is 0 Å². The highest BCUT2D eigenvalue weighted by Crippen LogP contribution is 2.25. The minimum Gasteiger partial charge on any atom is -0.372 e. The van der Waals surface area contributed by atoms with E-state index < -0.39 is 9.84 Å². The van der Waals surface area contributed by atoms with Gasteiger partial charge in [-0.2, -0.15) is 0 Å². The van der Waals surface area contributed by atoms with E-state index in [0.717, 1.165) is 5.69 Å². The van der Waals surface area contributed by atoms with Crippen LogP contribution in [-0.4, -0.2) is 33.6 Å². The third-order valence-electron chi connectivity index (χ3n) is 2.50. The average Bonchev–Trinajstić information content (AvgIpc) is 2.29. The van der Waals surface area contributed by atoms with Crippen molar-refractivity contribution in [1.82, 2.24) is 0 Å². The van der Waals surface area contributed by atoms with Gasteiger partial charge in [-0.15, -0.1) is 11.6 Å². The molecule has 1 aromatic carbocycles. The van der Waals surface area contributed by atoms with Gasteiger partial charge in [0.05, 0.1) is 16.3 Å². The Morgan fingerprint density at radius 1 is 1.29 bits per heavy atom. The van der Waals surface area contributed by atoms with Crippen LogP contribution >= 0.6 is 11.6 Å². The first-order valence-electron chi connectivity index (χ1n) is 5.61. The predicted octanol–water partition coefficient (Wildman–Crippen LogP) is 2.55. The molecule has 0 atom stereocenters. The molecule has 0 N–H and O–H groups in total. The molecule has 0 amide bonds. The van der Waals surface area contributed by atoms with Crippen LogP contribution in [0, 0.1) is 0 Å². The number of rotatable bonds is 6. The van der Waals surface area contributed by atoms with Crippen LogP contribution in [-0.2, 0) is 9.84 Å². The summed E-state index contributed by atoms with van der Waals surface area (Å²) in [5, 5.41) is 0. The molecular weight excluding hydrogens is 258 g/mol. The maximum atomic E-state index is 12.1. The van der Waals surface area contributed by atoms with Crippen molar-refractivity contribution in [2.24, 2.45) is 0 Å². The molecule has 17 heavy (non-hydrogen) atoms. The summed E-state index contributed by atoms with van der Waals surface area (Å²) in [6.45, 7) is 2.49. The number of hydrogen-bond donors (Lipinski definition) is 0. The fourth-order valence-corrected chi connectivity index (χ4v) is 3.50. The van der Waals surface area contributed by atoms with E-state index in [-0.39, 0.29) is 5.75 Å². The number of para-hydroxylation sites is 1. The zero-order valence-electron chi connectivity index (χ0n) is 10.2. The monoisotopic (exact) mass is 275 g/mol. The smallest absolute Gasteiger partial charge is 0.180 e. The Labute approximate surface area is 108 Å². The highest BCUT2D eigenvalue weighted by Gasteiger charge is 2.18. The highest BCUT2D eigenvalue weighted by atomic mass is 35.5. The predicted molar refractivity (Wildman–Crippen MR) is 72.8 cm³/mol. The standard InChI is InChI=1S/C12H18ClNO2S/c1-3-10-17(15,16)12-7-5-4-6-11(12)14(2)9-8-13/h4-7H,3,8-10H2,1-2H3. The van der Waals surface area contributed by atoms with E-state index in [4.69, 9.17) is 11.6 Å². The molecule has 0 bridgehead atoms. The van der Waals surface area contributed by atoms with Gasteiger partial charge in [0, 0.05) is 19.5 Å². The fourth-order valence-electron chi connectivity index (χ4n) is 1.66. The molecule has 0 aromatic heterocycles. The van der Waals surface area contributed by atoms with E-state index in [2.05, 4.69) is 0 Å². The largest absolute Gasteiger partial charge is 0.372 e.